The van der Waals surface area contributed by atoms with E-state index in [-0.39, 0.29) is 17.4 Å². The highest BCUT2D eigenvalue weighted by atomic mass is 35.5. The Morgan fingerprint density at radius 3 is 1.59 bits per heavy atom. The molecule has 2 amide bonds. The van der Waals surface area contributed by atoms with Gasteiger partial charge in [0.25, 0.3) is 11.8 Å². The summed E-state index contributed by atoms with van der Waals surface area (Å²) in [6.45, 7) is 2.05. The van der Waals surface area contributed by atoms with E-state index in [0.29, 0.717) is 21.8 Å². The van der Waals surface area contributed by atoms with Gasteiger partial charge in [-0.1, -0.05) is 48.0 Å². The number of imide groups is 1. The molecule has 5 nitrogen and oxygen atoms in total. The zero-order chi connectivity index (χ0) is 24.0. The van der Waals surface area contributed by atoms with Gasteiger partial charge in [-0.3, -0.25) is 9.59 Å². The van der Waals surface area contributed by atoms with Gasteiger partial charge in [0.05, 0.1) is 16.8 Å². The molecule has 0 saturated heterocycles. The summed E-state index contributed by atoms with van der Waals surface area (Å²) in [6.07, 6.45) is 0. The molecule has 0 saturated carbocycles. The lowest BCUT2D eigenvalue weighted by Crippen LogP contribution is -2.30. The molecule has 1 heterocycles. The van der Waals surface area contributed by atoms with Gasteiger partial charge in [-0.2, -0.15) is 0 Å². The van der Waals surface area contributed by atoms with E-state index in [1.54, 1.807) is 48.5 Å². The predicted molar refractivity (Wildman–Crippen MR) is 131 cm³/mol. The summed E-state index contributed by atoms with van der Waals surface area (Å²) in [6, 6.07) is 25.9. The maximum absolute atomic E-state index is 12.9. The van der Waals surface area contributed by atoms with Crippen LogP contribution in [0.5, 0.6) is 11.5 Å². The molecule has 0 unspecified atom stereocenters. The van der Waals surface area contributed by atoms with E-state index in [0.717, 1.165) is 21.6 Å². The minimum Gasteiger partial charge on any atom is -0.508 e. The van der Waals surface area contributed by atoms with Gasteiger partial charge in [0.2, 0.25) is 0 Å². The summed E-state index contributed by atoms with van der Waals surface area (Å²) >= 11 is 6.02. The summed E-state index contributed by atoms with van der Waals surface area (Å²) in [7, 11) is 0. The van der Waals surface area contributed by atoms with Crippen LogP contribution in [-0.2, 0) is 5.41 Å². The molecular formula is C28H20ClNO4. The standard InChI is InChI=1S/C28H20ClNO4/c1-28(18-4-11-22(31)12-5-18,19-6-13-23(32)14-7-19)17-2-9-21(10-3-17)30-26(33)24-15-8-20(29)16-25(24)27(30)34/h2-16,31-32H,1H3. The summed E-state index contributed by atoms with van der Waals surface area (Å²) in [5.41, 5.74) is 3.22. The molecule has 0 spiro atoms. The van der Waals surface area contributed by atoms with Crippen molar-refractivity contribution >= 4 is 29.1 Å². The number of nitrogens with zero attached hydrogens (tertiary/aromatic N) is 1. The topological polar surface area (TPSA) is 77.8 Å². The summed E-state index contributed by atoms with van der Waals surface area (Å²) in [5.74, 6) is -0.463. The maximum atomic E-state index is 12.9. The number of halogens is 1. The van der Waals surface area contributed by atoms with Gasteiger partial charge in [-0.15, -0.1) is 0 Å². The second-order valence-electron chi connectivity index (χ2n) is 8.40. The first-order valence-electron chi connectivity index (χ1n) is 10.7. The van der Waals surface area contributed by atoms with Crippen molar-refractivity contribution in [3.05, 3.63) is 124 Å². The van der Waals surface area contributed by atoms with Crippen LogP contribution < -0.4 is 4.90 Å². The van der Waals surface area contributed by atoms with Gasteiger partial charge in [0.1, 0.15) is 11.5 Å². The van der Waals surface area contributed by atoms with Gasteiger partial charge >= 0.3 is 0 Å². The second-order valence-corrected chi connectivity index (χ2v) is 8.84. The lowest BCUT2D eigenvalue weighted by atomic mass is 9.71. The van der Waals surface area contributed by atoms with Gasteiger partial charge in [-0.25, -0.2) is 4.90 Å². The van der Waals surface area contributed by atoms with Crippen molar-refractivity contribution in [2.24, 2.45) is 0 Å². The zero-order valence-electron chi connectivity index (χ0n) is 18.2. The second kappa shape index (κ2) is 8.04. The number of rotatable bonds is 4. The fourth-order valence-electron chi connectivity index (χ4n) is 4.48. The minimum absolute atomic E-state index is 0.165. The minimum atomic E-state index is -0.630. The number of fused-ring (bicyclic) bond motifs is 1. The molecule has 5 rings (SSSR count). The van der Waals surface area contributed by atoms with Crippen LogP contribution in [-0.4, -0.2) is 22.0 Å². The van der Waals surface area contributed by atoms with E-state index < -0.39 is 11.3 Å². The first-order chi connectivity index (χ1) is 16.3. The van der Waals surface area contributed by atoms with Crippen LogP contribution in [0.1, 0.15) is 44.3 Å². The average Bonchev–Trinajstić information content (AvgIpc) is 3.08. The van der Waals surface area contributed by atoms with Gasteiger partial charge in [0, 0.05) is 10.4 Å². The van der Waals surface area contributed by atoms with Crippen molar-refractivity contribution in [1.82, 2.24) is 0 Å². The third kappa shape index (κ3) is 3.42. The number of anilines is 1. The number of hydrogen-bond acceptors (Lipinski definition) is 4. The third-order valence-electron chi connectivity index (χ3n) is 6.44. The largest absolute Gasteiger partial charge is 0.508 e. The molecule has 0 radical (unpaired) electrons. The fourth-order valence-corrected chi connectivity index (χ4v) is 4.65. The molecule has 168 valence electrons. The number of aromatic hydroxyl groups is 2. The first kappa shape index (κ1) is 21.7. The molecule has 4 aromatic carbocycles. The van der Waals surface area contributed by atoms with E-state index in [1.165, 1.54) is 6.07 Å². The highest BCUT2D eigenvalue weighted by molar-refractivity contribution is 6.36. The maximum Gasteiger partial charge on any atom is 0.266 e. The normalized spacial score (nSPS) is 13.3. The summed E-state index contributed by atoms with van der Waals surface area (Å²) in [4.78, 5) is 27.0. The Morgan fingerprint density at radius 1 is 0.647 bits per heavy atom. The smallest absolute Gasteiger partial charge is 0.266 e. The molecule has 4 aromatic rings. The van der Waals surface area contributed by atoms with E-state index in [1.807, 2.05) is 43.3 Å². The molecule has 2 N–H and O–H groups in total. The number of phenols is 2. The molecular weight excluding hydrogens is 450 g/mol. The van der Waals surface area contributed by atoms with Crippen LogP contribution >= 0.6 is 11.6 Å². The number of phenolic OH excluding ortho intramolecular Hbond substituents is 2. The highest BCUT2D eigenvalue weighted by Gasteiger charge is 2.37. The Bertz CT molecular complexity index is 1370. The molecule has 1 aliphatic rings. The number of benzene rings is 4. The van der Waals surface area contributed by atoms with Crippen molar-refractivity contribution in [3.8, 4) is 11.5 Å². The molecule has 0 bridgehead atoms. The van der Waals surface area contributed by atoms with Crippen molar-refractivity contribution in [3.63, 3.8) is 0 Å². The van der Waals surface area contributed by atoms with Gasteiger partial charge in [0.15, 0.2) is 0 Å². The lowest BCUT2D eigenvalue weighted by Gasteiger charge is -2.32. The van der Waals surface area contributed by atoms with Crippen molar-refractivity contribution in [2.75, 3.05) is 4.90 Å². The Balaban J connectivity index is 1.57. The summed E-state index contributed by atoms with van der Waals surface area (Å²) < 4.78 is 0. The van der Waals surface area contributed by atoms with Crippen LogP contribution in [0.2, 0.25) is 5.02 Å². The van der Waals surface area contributed by atoms with Crippen LogP contribution in [0.15, 0.2) is 91.0 Å². The number of carbonyl (C=O) groups is 2. The van der Waals surface area contributed by atoms with Crippen LogP contribution in [0, 0.1) is 0 Å². The van der Waals surface area contributed by atoms with Crippen molar-refractivity contribution in [2.45, 2.75) is 12.3 Å². The monoisotopic (exact) mass is 469 g/mol. The number of carbonyl (C=O) groups excluding carboxylic acids is 2. The molecule has 0 aliphatic carbocycles. The van der Waals surface area contributed by atoms with E-state index in [2.05, 4.69) is 0 Å². The van der Waals surface area contributed by atoms with Gasteiger partial charge < -0.3 is 10.2 Å². The van der Waals surface area contributed by atoms with Crippen molar-refractivity contribution in [1.29, 1.82) is 0 Å². The van der Waals surface area contributed by atoms with Crippen LogP contribution in [0.4, 0.5) is 5.69 Å². The van der Waals surface area contributed by atoms with E-state index >= 15 is 0 Å². The molecule has 0 fully saturated rings. The Kier molecular flexibility index (Phi) is 5.14. The fraction of sp³-hybridized carbons (Fsp3) is 0.0714. The molecule has 34 heavy (non-hydrogen) atoms. The highest BCUT2D eigenvalue weighted by Crippen LogP contribution is 2.41. The van der Waals surface area contributed by atoms with Gasteiger partial charge in [-0.05, 0) is 78.2 Å². The lowest BCUT2D eigenvalue weighted by molar-refractivity contribution is 0.0926. The zero-order valence-corrected chi connectivity index (χ0v) is 19.0. The van der Waals surface area contributed by atoms with E-state index in [9.17, 15) is 19.8 Å². The number of amides is 2. The first-order valence-corrected chi connectivity index (χ1v) is 11.0. The quantitative estimate of drug-likeness (QED) is 0.288. The van der Waals surface area contributed by atoms with E-state index in [4.69, 9.17) is 11.6 Å². The Labute approximate surface area is 201 Å². The van der Waals surface area contributed by atoms with Crippen LogP contribution in [0.3, 0.4) is 0 Å². The number of hydrogen-bond donors (Lipinski definition) is 2. The summed E-state index contributed by atoms with van der Waals surface area (Å²) in [5, 5.41) is 20.0. The average molecular weight is 470 g/mol. The Morgan fingerprint density at radius 2 is 1.09 bits per heavy atom. The predicted octanol–water partition coefficient (Wildman–Crippen LogP) is 5.91. The van der Waals surface area contributed by atoms with Crippen LogP contribution in [0.25, 0.3) is 0 Å². The molecule has 1 aliphatic heterocycles. The molecule has 0 atom stereocenters. The van der Waals surface area contributed by atoms with Crippen molar-refractivity contribution < 1.29 is 19.8 Å². The molecule has 0 aromatic heterocycles. The Hall–Kier alpha value is -4.09. The third-order valence-corrected chi connectivity index (χ3v) is 6.68. The molecule has 6 heteroatoms. The SMILES string of the molecule is CC(c1ccc(O)cc1)(c1ccc(O)cc1)c1ccc(N2C(=O)c3ccc(Cl)cc3C2=O)cc1.